The SMILES string of the molecule is CCn1ccc(CNCCCOCCOC)c1. The number of hydrogen-bond acceptors (Lipinski definition) is 3. The molecule has 1 aromatic heterocycles. The van der Waals surface area contributed by atoms with E-state index in [0.717, 1.165) is 32.7 Å². The van der Waals surface area contributed by atoms with Crippen molar-refractivity contribution < 1.29 is 9.47 Å². The minimum Gasteiger partial charge on any atom is -0.382 e. The molecule has 0 fully saturated rings. The van der Waals surface area contributed by atoms with E-state index in [1.165, 1.54) is 5.56 Å². The lowest BCUT2D eigenvalue weighted by Crippen LogP contribution is -2.16. The molecular weight excluding hydrogens is 216 g/mol. The summed E-state index contributed by atoms with van der Waals surface area (Å²) in [4.78, 5) is 0. The highest BCUT2D eigenvalue weighted by molar-refractivity contribution is 5.09. The fraction of sp³-hybridized carbons (Fsp3) is 0.692. The molecule has 1 N–H and O–H groups in total. The fourth-order valence-electron chi connectivity index (χ4n) is 1.57. The van der Waals surface area contributed by atoms with E-state index in [1.807, 2.05) is 0 Å². The maximum absolute atomic E-state index is 5.38. The van der Waals surface area contributed by atoms with Crippen molar-refractivity contribution in [2.45, 2.75) is 26.4 Å². The molecule has 0 saturated carbocycles. The molecule has 1 aromatic rings. The van der Waals surface area contributed by atoms with Crippen molar-refractivity contribution in [3.8, 4) is 0 Å². The van der Waals surface area contributed by atoms with Crippen LogP contribution in [-0.2, 0) is 22.6 Å². The third-order valence-corrected chi connectivity index (χ3v) is 2.58. The lowest BCUT2D eigenvalue weighted by molar-refractivity contribution is 0.0695. The molecule has 4 heteroatoms. The number of nitrogens with zero attached hydrogens (tertiary/aromatic N) is 1. The van der Waals surface area contributed by atoms with Gasteiger partial charge < -0.3 is 19.4 Å². The average Bonchev–Trinajstić information content (AvgIpc) is 2.80. The van der Waals surface area contributed by atoms with E-state index >= 15 is 0 Å². The van der Waals surface area contributed by atoms with Gasteiger partial charge >= 0.3 is 0 Å². The van der Waals surface area contributed by atoms with Crippen LogP contribution in [0.4, 0.5) is 0 Å². The standard InChI is InChI=1S/C13H24N2O2/c1-3-15-7-5-13(12-15)11-14-6-4-8-17-10-9-16-2/h5,7,12,14H,3-4,6,8-11H2,1-2H3. The third kappa shape index (κ3) is 6.46. The molecule has 0 aliphatic carbocycles. The van der Waals surface area contributed by atoms with Gasteiger partial charge in [0.05, 0.1) is 13.2 Å². The Morgan fingerprint density at radius 1 is 1.29 bits per heavy atom. The Morgan fingerprint density at radius 2 is 2.18 bits per heavy atom. The molecule has 0 amide bonds. The van der Waals surface area contributed by atoms with Crippen LogP contribution in [0.1, 0.15) is 18.9 Å². The molecule has 0 spiro atoms. The molecule has 0 aliphatic rings. The van der Waals surface area contributed by atoms with Gasteiger partial charge in [-0.2, -0.15) is 0 Å². The lowest BCUT2D eigenvalue weighted by Gasteiger charge is -2.04. The number of rotatable bonds is 10. The monoisotopic (exact) mass is 240 g/mol. The van der Waals surface area contributed by atoms with Gasteiger partial charge in [0.1, 0.15) is 0 Å². The van der Waals surface area contributed by atoms with Crippen LogP contribution in [0.5, 0.6) is 0 Å². The molecule has 0 saturated heterocycles. The van der Waals surface area contributed by atoms with Gasteiger partial charge in [-0.05, 0) is 31.5 Å². The van der Waals surface area contributed by atoms with Crippen LogP contribution >= 0.6 is 0 Å². The van der Waals surface area contributed by atoms with Crippen molar-refractivity contribution in [2.24, 2.45) is 0 Å². The Hall–Kier alpha value is -0.840. The predicted octanol–water partition coefficient (Wildman–Crippen LogP) is 1.65. The van der Waals surface area contributed by atoms with Gasteiger partial charge in [-0.1, -0.05) is 0 Å². The number of aryl methyl sites for hydroxylation is 1. The van der Waals surface area contributed by atoms with Crippen molar-refractivity contribution in [3.63, 3.8) is 0 Å². The van der Waals surface area contributed by atoms with E-state index in [1.54, 1.807) is 7.11 Å². The van der Waals surface area contributed by atoms with Crippen LogP contribution in [-0.4, -0.2) is 38.0 Å². The van der Waals surface area contributed by atoms with E-state index in [9.17, 15) is 0 Å². The number of aromatic nitrogens is 1. The van der Waals surface area contributed by atoms with Gasteiger partial charge in [0.2, 0.25) is 0 Å². The van der Waals surface area contributed by atoms with Crippen molar-refractivity contribution >= 4 is 0 Å². The first-order valence-electron chi connectivity index (χ1n) is 6.29. The molecule has 1 rings (SSSR count). The minimum absolute atomic E-state index is 0.679. The van der Waals surface area contributed by atoms with Crippen LogP contribution in [0.15, 0.2) is 18.5 Å². The van der Waals surface area contributed by atoms with Crippen molar-refractivity contribution in [3.05, 3.63) is 24.0 Å². The number of ether oxygens (including phenoxy) is 2. The zero-order chi connectivity index (χ0) is 12.3. The molecule has 0 bridgehead atoms. The Labute approximate surface area is 104 Å². The van der Waals surface area contributed by atoms with E-state index in [-0.39, 0.29) is 0 Å². The normalized spacial score (nSPS) is 10.9. The van der Waals surface area contributed by atoms with E-state index < -0.39 is 0 Å². The lowest BCUT2D eigenvalue weighted by atomic mass is 10.3. The Kier molecular flexibility index (Phi) is 7.71. The number of hydrogen-bond donors (Lipinski definition) is 1. The molecule has 0 radical (unpaired) electrons. The molecule has 98 valence electrons. The zero-order valence-electron chi connectivity index (χ0n) is 10.9. The highest BCUT2D eigenvalue weighted by Gasteiger charge is 1.95. The van der Waals surface area contributed by atoms with Gasteiger partial charge in [0, 0.05) is 39.2 Å². The Bertz CT molecular complexity index is 287. The first-order chi connectivity index (χ1) is 8.36. The summed E-state index contributed by atoms with van der Waals surface area (Å²) in [5, 5.41) is 3.41. The molecule has 0 atom stereocenters. The fourth-order valence-corrected chi connectivity index (χ4v) is 1.57. The summed E-state index contributed by atoms with van der Waals surface area (Å²) in [6.07, 6.45) is 5.34. The molecule has 0 aromatic carbocycles. The third-order valence-electron chi connectivity index (χ3n) is 2.58. The second-order valence-corrected chi connectivity index (χ2v) is 3.99. The summed E-state index contributed by atoms with van der Waals surface area (Å²) in [6.45, 7) is 7.28. The van der Waals surface area contributed by atoms with Gasteiger partial charge in [-0.15, -0.1) is 0 Å². The van der Waals surface area contributed by atoms with Crippen LogP contribution < -0.4 is 5.32 Å². The van der Waals surface area contributed by atoms with Crippen LogP contribution in [0.25, 0.3) is 0 Å². The minimum atomic E-state index is 0.679. The zero-order valence-corrected chi connectivity index (χ0v) is 10.9. The average molecular weight is 240 g/mol. The number of nitrogens with one attached hydrogen (secondary N) is 1. The number of methoxy groups -OCH3 is 1. The smallest absolute Gasteiger partial charge is 0.0700 e. The second-order valence-electron chi connectivity index (χ2n) is 3.99. The molecule has 4 nitrogen and oxygen atoms in total. The second kappa shape index (κ2) is 9.22. The summed E-state index contributed by atoms with van der Waals surface area (Å²) < 4.78 is 12.5. The molecule has 1 heterocycles. The van der Waals surface area contributed by atoms with Crippen molar-refractivity contribution in [2.75, 3.05) is 33.5 Å². The molecule has 0 aliphatic heterocycles. The van der Waals surface area contributed by atoms with Crippen molar-refractivity contribution in [1.29, 1.82) is 0 Å². The largest absolute Gasteiger partial charge is 0.382 e. The topological polar surface area (TPSA) is 35.4 Å². The van der Waals surface area contributed by atoms with Gasteiger partial charge in [0.15, 0.2) is 0 Å². The Balaban J connectivity index is 1.93. The quantitative estimate of drug-likeness (QED) is 0.632. The van der Waals surface area contributed by atoms with Gasteiger partial charge in [0.25, 0.3) is 0 Å². The Morgan fingerprint density at radius 3 is 2.88 bits per heavy atom. The predicted molar refractivity (Wildman–Crippen MR) is 69.1 cm³/mol. The van der Waals surface area contributed by atoms with Gasteiger partial charge in [-0.25, -0.2) is 0 Å². The van der Waals surface area contributed by atoms with E-state index in [2.05, 4.69) is 35.3 Å². The van der Waals surface area contributed by atoms with Crippen molar-refractivity contribution in [1.82, 2.24) is 9.88 Å². The highest BCUT2D eigenvalue weighted by atomic mass is 16.5. The molecule has 0 unspecified atom stereocenters. The van der Waals surface area contributed by atoms with E-state index in [0.29, 0.717) is 13.2 Å². The summed E-state index contributed by atoms with van der Waals surface area (Å²) in [7, 11) is 1.69. The van der Waals surface area contributed by atoms with Crippen LogP contribution in [0.3, 0.4) is 0 Å². The van der Waals surface area contributed by atoms with Gasteiger partial charge in [-0.3, -0.25) is 0 Å². The van der Waals surface area contributed by atoms with E-state index in [4.69, 9.17) is 9.47 Å². The van der Waals surface area contributed by atoms with Crippen LogP contribution in [0, 0.1) is 0 Å². The maximum atomic E-state index is 5.38. The summed E-state index contributed by atoms with van der Waals surface area (Å²) in [5.41, 5.74) is 1.34. The summed E-state index contributed by atoms with van der Waals surface area (Å²) in [5.74, 6) is 0. The van der Waals surface area contributed by atoms with Crippen LogP contribution in [0.2, 0.25) is 0 Å². The molecular formula is C13H24N2O2. The summed E-state index contributed by atoms with van der Waals surface area (Å²) >= 11 is 0. The summed E-state index contributed by atoms with van der Waals surface area (Å²) in [6, 6.07) is 2.16. The first kappa shape index (κ1) is 14.2. The highest BCUT2D eigenvalue weighted by Crippen LogP contribution is 2.00. The molecule has 17 heavy (non-hydrogen) atoms. The first-order valence-corrected chi connectivity index (χ1v) is 6.29. The maximum Gasteiger partial charge on any atom is 0.0700 e.